The van der Waals surface area contributed by atoms with Gasteiger partial charge in [0.05, 0.1) is 0 Å². The molecule has 0 aromatic heterocycles. The van der Waals surface area contributed by atoms with Crippen molar-refractivity contribution < 1.29 is 9.90 Å². The van der Waals surface area contributed by atoms with Crippen LogP contribution in [-0.4, -0.2) is 29.7 Å². The zero-order valence-corrected chi connectivity index (χ0v) is 11.5. The SMILES string of the molecule is Cl.Cl.NC1(C(=O)O)CCN(c2ccccc2)CC1. The second-order valence-electron chi connectivity index (χ2n) is 4.28. The molecular weight excluding hydrogens is 275 g/mol. The van der Waals surface area contributed by atoms with Crippen LogP contribution in [0.5, 0.6) is 0 Å². The number of nitrogens with two attached hydrogens (primary N) is 1. The molecule has 1 aliphatic rings. The van der Waals surface area contributed by atoms with Gasteiger partial charge in [0.15, 0.2) is 0 Å². The zero-order chi connectivity index (χ0) is 11.6. The van der Waals surface area contributed by atoms with Gasteiger partial charge in [-0.3, -0.25) is 4.79 Å². The smallest absolute Gasteiger partial charge is 0.323 e. The van der Waals surface area contributed by atoms with Crippen LogP contribution in [0.1, 0.15) is 12.8 Å². The topological polar surface area (TPSA) is 66.6 Å². The monoisotopic (exact) mass is 292 g/mol. The Morgan fingerprint density at radius 2 is 1.67 bits per heavy atom. The molecule has 1 aliphatic heterocycles. The highest BCUT2D eigenvalue weighted by atomic mass is 35.5. The first-order valence-corrected chi connectivity index (χ1v) is 5.44. The molecule has 1 heterocycles. The Labute approximate surface area is 119 Å². The first kappa shape index (κ1) is 17.0. The van der Waals surface area contributed by atoms with E-state index >= 15 is 0 Å². The standard InChI is InChI=1S/C12H16N2O2.2ClH/c13-12(11(15)16)6-8-14(9-7-12)10-4-2-1-3-5-10;;/h1-5H,6-9,13H2,(H,15,16);2*1H. The molecule has 0 atom stereocenters. The number of carboxylic acids is 1. The molecule has 0 spiro atoms. The predicted octanol–water partition coefficient (Wildman–Crippen LogP) is 1.91. The van der Waals surface area contributed by atoms with Crippen LogP contribution < -0.4 is 10.6 Å². The number of rotatable bonds is 2. The Morgan fingerprint density at radius 3 is 2.11 bits per heavy atom. The molecule has 102 valence electrons. The first-order valence-electron chi connectivity index (χ1n) is 5.44. The summed E-state index contributed by atoms with van der Waals surface area (Å²) in [6, 6.07) is 10.0. The van der Waals surface area contributed by atoms with Crippen LogP contribution in [0.15, 0.2) is 30.3 Å². The largest absolute Gasteiger partial charge is 0.480 e. The fourth-order valence-electron chi connectivity index (χ4n) is 2.02. The summed E-state index contributed by atoms with van der Waals surface area (Å²) < 4.78 is 0. The molecule has 4 nitrogen and oxygen atoms in total. The summed E-state index contributed by atoms with van der Waals surface area (Å²) in [6.45, 7) is 1.40. The van der Waals surface area contributed by atoms with E-state index in [9.17, 15) is 4.79 Å². The lowest BCUT2D eigenvalue weighted by Crippen LogP contribution is -2.55. The van der Waals surface area contributed by atoms with Crippen LogP contribution in [0.4, 0.5) is 5.69 Å². The van der Waals surface area contributed by atoms with Crippen molar-refractivity contribution >= 4 is 36.5 Å². The van der Waals surface area contributed by atoms with Gasteiger partial charge in [0.1, 0.15) is 5.54 Å². The summed E-state index contributed by atoms with van der Waals surface area (Å²) in [5.74, 6) is -0.889. The summed E-state index contributed by atoms with van der Waals surface area (Å²) in [5, 5.41) is 9.01. The average Bonchev–Trinajstić information content (AvgIpc) is 2.31. The number of carboxylic acid groups (broad SMARTS) is 1. The molecule has 0 aliphatic carbocycles. The lowest BCUT2D eigenvalue weighted by molar-refractivity contribution is -0.144. The molecule has 0 saturated carbocycles. The second kappa shape index (κ2) is 6.83. The number of nitrogens with zero attached hydrogens (tertiary/aromatic N) is 1. The van der Waals surface area contributed by atoms with Crippen molar-refractivity contribution in [2.45, 2.75) is 18.4 Å². The minimum Gasteiger partial charge on any atom is -0.480 e. The third kappa shape index (κ3) is 3.51. The van der Waals surface area contributed by atoms with Gasteiger partial charge >= 0.3 is 5.97 Å². The van der Waals surface area contributed by atoms with Crippen molar-refractivity contribution in [1.82, 2.24) is 0 Å². The normalized spacial score (nSPS) is 17.3. The summed E-state index contributed by atoms with van der Waals surface area (Å²) in [6.07, 6.45) is 0.994. The number of piperidine rings is 1. The fraction of sp³-hybridized carbons (Fsp3) is 0.417. The van der Waals surface area contributed by atoms with E-state index in [-0.39, 0.29) is 24.8 Å². The number of aliphatic carboxylic acids is 1. The molecule has 1 aromatic carbocycles. The van der Waals surface area contributed by atoms with E-state index in [0.29, 0.717) is 25.9 Å². The van der Waals surface area contributed by atoms with Crippen molar-refractivity contribution in [3.8, 4) is 0 Å². The molecule has 1 aromatic rings. The van der Waals surface area contributed by atoms with Gasteiger partial charge in [0.2, 0.25) is 0 Å². The Balaban J connectivity index is 0.00000144. The van der Waals surface area contributed by atoms with Gasteiger partial charge in [-0.15, -0.1) is 24.8 Å². The maximum Gasteiger partial charge on any atom is 0.323 e. The van der Waals surface area contributed by atoms with Gasteiger partial charge in [0.25, 0.3) is 0 Å². The van der Waals surface area contributed by atoms with Crippen molar-refractivity contribution in [2.24, 2.45) is 5.73 Å². The Kier molecular flexibility index (Phi) is 6.46. The van der Waals surface area contributed by atoms with Crippen LogP contribution in [0.3, 0.4) is 0 Å². The quantitative estimate of drug-likeness (QED) is 0.874. The third-order valence-electron chi connectivity index (χ3n) is 3.20. The van der Waals surface area contributed by atoms with Crippen molar-refractivity contribution in [3.63, 3.8) is 0 Å². The van der Waals surface area contributed by atoms with Crippen LogP contribution in [0.25, 0.3) is 0 Å². The molecule has 0 bridgehead atoms. The average molecular weight is 293 g/mol. The molecular formula is C12H18Cl2N2O2. The van der Waals surface area contributed by atoms with Crippen molar-refractivity contribution in [1.29, 1.82) is 0 Å². The number of benzene rings is 1. The Morgan fingerprint density at radius 1 is 1.17 bits per heavy atom. The Bertz CT molecular complexity index is 379. The number of carbonyl (C=O) groups is 1. The first-order chi connectivity index (χ1) is 7.62. The van der Waals surface area contributed by atoms with E-state index in [1.165, 1.54) is 0 Å². The van der Waals surface area contributed by atoms with Gasteiger partial charge in [0, 0.05) is 18.8 Å². The summed E-state index contributed by atoms with van der Waals surface area (Å²) in [5.41, 5.74) is 5.91. The van der Waals surface area contributed by atoms with Crippen LogP contribution in [0, 0.1) is 0 Å². The second-order valence-corrected chi connectivity index (χ2v) is 4.28. The highest BCUT2D eigenvalue weighted by Crippen LogP contribution is 2.24. The molecule has 0 amide bonds. The summed E-state index contributed by atoms with van der Waals surface area (Å²) in [4.78, 5) is 13.2. The van der Waals surface area contributed by atoms with Gasteiger partial charge in [-0.1, -0.05) is 18.2 Å². The van der Waals surface area contributed by atoms with Gasteiger partial charge in [-0.2, -0.15) is 0 Å². The molecule has 0 radical (unpaired) electrons. The van der Waals surface area contributed by atoms with E-state index in [1.807, 2.05) is 30.3 Å². The molecule has 3 N–H and O–H groups in total. The zero-order valence-electron chi connectivity index (χ0n) is 9.91. The van der Waals surface area contributed by atoms with E-state index in [4.69, 9.17) is 10.8 Å². The maximum atomic E-state index is 11.0. The van der Waals surface area contributed by atoms with E-state index < -0.39 is 11.5 Å². The van der Waals surface area contributed by atoms with Gasteiger partial charge < -0.3 is 15.7 Å². The van der Waals surface area contributed by atoms with Crippen molar-refractivity contribution in [3.05, 3.63) is 30.3 Å². The van der Waals surface area contributed by atoms with Crippen molar-refractivity contribution in [2.75, 3.05) is 18.0 Å². The van der Waals surface area contributed by atoms with Crippen LogP contribution in [0.2, 0.25) is 0 Å². The van der Waals surface area contributed by atoms with E-state index in [1.54, 1.807) is 0 Å². The van der Waals surface area contributed by atoms with E-state index in [2.05, 4.69) is 4.90 Å². The van der Waals surface area contributed by atoms with Crippen LogP contribution >= 0.6 is 24.8 Å². The number of halogens is 2. The summed E-state index contributed by atoms with van der Waals surface area (Å²) >= 11 is 0. The third-order valence-corrected chi connectivity index (χ3v) is 3.20. The number of para-hydroxylation sites is 1. The Hall–Kier alpha value is -0.970. The summed E-state index contributed by atoms with van der Waals surface area (Å²) in [7, 11) is 0. The predicted molar refractivity (Wildman–Crippen MR) is 76.9 cm³/mol. The molecule has 1 fully saturated rings. The number of hydrogen-bond donors (Lipinski definition) is 2. The minimum absolute atomic E-state index is 0. The molecule has 0 unspecified atom stereocenters. The number of hydrogen-bond acceptors (Lipinski definition) is 3. The minimum atomic E-state index is -1.04. The number of anilines is 1. The highest BCUT2D eigenvalue weighted by molar-refractivity contribution is 5.85. The van der Waals surface area contributed by atoms with E-state index in [0.717, 1.165) is 5.69 Å². The molecule has 18 heavy (non-hydrogen) atoms. The van der Waals surface area contributed by atoms with Crippen LogP contribution in [-0.2, 0) is 4.79 Å². The lowest BCUT2D eigenvalue weighted by atomic mass is 9.88. The van der Waals surface area contributed by atoms with Gasteiger partial charge in [-0.25, -0.2) is 0 Å². The molecule has 2 rings (SSSR count). The lowest BCUT2D eigenvalue weighted by Gasteiger charge is -2.37. The molecule has 1 saturated heterocycles. The maximum absolute atomic E-state index is 11.0. The fourth-order valence-corrected chi connectivity index (χ4v) is 2.02. The highest BCUT2D eigenvalue weighted by Gasteiger charge is 2.37. The van der Waals surface area contributed by atoms with Gasteiger partial charge in [-0.05, 0) is 25.0 Å². The molecule has 6 heteroatoms.